The number of rotatable bonds is 6. The zero-order valence-electron chi connectivity index (χ0n) is 19.7. The van der Waals surface area contributed by atoms with Crippen molar-refractivity contribution in [3.05, 3.63) is 95.1 Å². The highest BCUT2D eigenvalue weighted by molar-refractivity contribution is 6.07. The highest BCUT2D eigenvalue weighted by atomic mass is 16.2. The van der Waals surface area contributed by atoms with E-state index >= 15 is 0 Å². The van der Waals surface area contributed by atoms with Gasteiger partial charge < -0.3 is 15.5 Å². The second-order valence-electron chi connectivity index (χ2n) is 8.96. The summed E-state index contributed by atoms with van der Waals surface area (Å²) in [6.45, 7) is 6.38. The van der Waals surface area contributed by atoms with Gasteiger partial charge in [-0.05, 0) is 67.3 Å². The first-order chi connectivity index (χ1) is 16.3. The number of nitrogens with zero attached hydrogens (tertiary/aromatic N) is 1. The van der Waals surface area contributed by atoms with Crippen molar-refractivity contribution in [3.63, 3.8) is 0 Å². The molecule has 0 bridgehead atoms. The predicted octanol–water partition coefficient (Wildman–Crippen LogP) is 4.59. The van der Waals surface area contributed by atoms with Gasteiger partial charge in [-0.15, -0.1) is 0 Å². The molecular weight excluding hydrogens is 426 g/mol. The molecule has 6 nitrogen and oxygen atoms in total. The van der Waals surface area contributed by atoms with E-state index in [1.54, 1.807) is 41.3 Å². The Balaban J connectivity index is 1.41. The van der Waals surface area contributed by atoms with Crippen LogP contribution < -0.4 is 15.5 Å². The Morgan fingerprint density at radius 2 is 1.50 bits per heavy atom. The fourth-order valence-corrected chi connectivity index (χ4v) is 4.09. The van der Waals surface area contributed by atoms with Crippen molar-refractivity contribution in [2.24, 2.45) is 5.92 Å². The number of hydrogen-bond acceptors (Lipinski definition) is 3. The lowest BCUT2D eigenvalue weighted by molar-refractivity contribution is -0.118. The van der Waals surface area contributed by atoms with Crippen molar-refractivity contribution in [2.45, 2.75) is 33.2 Å². The Hall–Kier alpha value is -3.93. The number of carbonyl (C=O) groups excluding carboxylic acids is 3. The number of aryl methyl sites for hydroxylation is 1. The smallest absolute Gasteiger partial charge is 0.258 e. The zero-order chi connectivity index (χ0) is 24.2. The van der Waals surface area contributed by atoms with Gasteiger partial charge in [-0.25, -0.2) is 0 Å². The average molecular weight is 456 g/mol. The lowest BCUT2D eigenvalue weighted by Gasteiger charge is -2.22. The second-order valence-corrected chi connectivity index (χ2v) is 8.96. The fourth-order valence-electron chi connectivity index (χ4n) is 4.09. The van der Waals surface area contributed by atoms with Gasteiger partial charge in [0, 0.05) is 29.0 Å². The predicted molar refractivity (Wildman–Crippen MR) is 134 cm³/mol. The van der Waals surface area contributed by atoms with Gasteiger partial charge in [-0.1, -0.05) is 49.7 Å². The molecule has 3 aromatic carbocycles. The van der Waals surface area contributed by atoms with Gasteiger partial charge in [-0.2, -0.15) is 0 Å². The van der Waals surface area contributed by atoms with E-state index in [2.05, 4.69) is 10.6 Å². The van der Waals surface area contributed by atoms with Gasteiger partial charge in [0.05, 0.1) is 0 Å². The minimum Gasteiger partial charge on any atom is -0.340 e. The van der Waals surface area contributed by atoms with E-state index in [0.29, 0.717) is 23.4 Å². The molecule has 0 aromatic heterocycles. The van der Waals surface area contributed by atoms with Crippen LogP contribution in [0.5, 0.6) is 0 Å². The van der Waals surface area contributed by atoms with Crippen LogP contribution in [0.25, 0.3) is 0 Å². The second kappa shape index (κ2) is 9.91. The van der Waals surface area contributed by atoms with Crippen LogP contribution in [0.4, 0.5) is 11.4 Å². The van der Waals surface area contributed by atoms with Gasteiger partial charge in [0.15, 0.2) is 0 Å². The Labute approximate surface area is 200 Å². The Morgan fingerprint density at radius 1 is 0.853 bits per heavy atom. The first-order valence-corrected chi connectivity index (χ1v) is 11.5. The third-order valence-corrected chi connectivity index (χ3v) is 6.08. The van der Waals surface area contributed by atoms with Crippen LogP contribution >= 0.6 is 0 Å². The van der Waals surface area contributed by atoms with Crippen molar-refractivity contribution in [3.8, 4) is 0 Å². The van der Waals surface area contributed by atoms with Crippen LogP contribution in [-0.4, -0.2) is 30.3 Å². The molecule has 6 heteroatoms. The van der Waals surface area contributed by atoms with Crippen LogP contribution in [0.3, 0.4) is 0 Å². The first-order valence-electron chi connectivity index (χ1n) is 11.5. The van der Waals surface area contributed by atoms with Crippen LogP contribution in [0.2, 0.25) is 0 Å². The molecule has 4 rings (SSSR count). The molecule has 1 aliphatic heterocycles. The van der Waals surface area contributed by atoms with Crippen LogP contribution in [0.1, 0.15) is 45.7 Å². The van der Waals surface area contributed by atoms with E-state index in [0.717, 1.165) is 17.7 Å². The minimum absolute atomic E-state index is 0.0618. The number of hydrogen-bond donors (Lipinski definition) is 2. The van der Waals surface area contributed by atoms with E-state index in [9.17, 15) is 14.4 Å². The molecule has 1 heterocycles. The van der Waals surface area contributed by atoms with Crippen molar-refractivity contribution < 1.29 is 14.4 Å². The average Bonchev–Trinajstić information content (AvgIpc) is 3.27. The zero-order valence-corrected chi connectivity index (χ0v) is 19.7. The Morgan fingerprint density at radius 3 is 2.18 bits per heavy atom. The molecule has 1 unspecified atom stereocenters. The van der Waals surface area contributed by atoms with Gasteiger partial charge in [0.2, 0.25) is 5.91 Å². The first kappa shape index (κ1) is 23.2. The molecule has 174 valence electrons. The largest absolute Gasteiger partial charge is 0.340 e. The monoisotopic (exact) mass is 455 g/mol. The molecule has 34 heavy (non-hydrogen) atoms. The molecule has 3 amide bonds. The van der Waals surface area contributed by atoms with E-state index in [4.69, 9.17) is 0 Å². The maximum atomic E-state index is 13.0. The van der Waals surface area contributed by atoms with Gasteiger partial charge in [0.1, 0.15) is 6.04 Å². The molecule has 1 atom stereocenters. The summed E-state index contributed by atoms with van der Waals surface area (Å²) in [4.78, 5) is 40.4. The normalized spacial score (nSPS) is 13.4. The van der Waals surface area contributed by atoms with Gasteiger partial charge in [-0.3, -0.25) is 14.4 Å². The molecule has 0 aliphatic carbocycles. The standard InChI is InChI=1S/C28H29N3O3/c1-18(2)25(30-26(32)21-10-8-19(3)9-11-21)27(33)29-23-14-12-22(13-15-23)28(34)31-17-16-20-6-4-5-7-24(20)31/h4-15,18,25H,16-17H2,1-3H3,(H,29,33)(H,30,32). The number of anilines is 2. The molecule has 1 aliphatic rings. The maximum absolute atomic E-state index is 13.0. The molecule has 0 fully saturated rings. The maximum Gasteiger partial charge on any atom is 0.258 e. The molecule has 0 saturated carbocycles. The van der Waals surface area contributed by atoms with Gasteiger partial charge in [0.25, 0.3) is 11.8 Å². The summed E-state index contributed by atoms with van der Waals surface area (Å²) in [7, 11) is 0. The van der Waals surface area contributed by atoms with Crippen molar-refractivity contribution >= 4 is 29.1 Å². The topological polar surface area (TPSA) is 78.5 Å². The van der Waals surface area contributed by atoms with E-state index in [1.807, 2.05) is 57.2 Å². The molecular formula is C28H29N3O3. The van der Waals surface area contributed by atoms with E-state index < -0.39 is 6.04 Å². The molecule has 0 spiro atoms. The Kier molecular flexibility index (Phi) is 6.77. The third-order valence-electron chi connectivity index (χ3n) is 6.08. The molecule has 3 aromatic rings. The summed E-state index contributed by atoms with van der Waals surface area (Å²) in [5, 5.41) is 5.70. The molecule has 0 saturated heterocycles. The van der Waals surface area contributed by atoms with Crippen molar-refractivity contribution in [1.29, 1.82) is 0 Å². The number of nitrogens with one attached hydrogen (secondary N) is 2. The SMILES string of the molecule is Cc1ccc(C(=O)NC(C(=O)Nc2ccc(C(=O)N3CCc4ccccc43)cc2)C(C)C)cc1. The lowest BCUT2D eigenvalue weighted by Crippen LogP contribution is -2.47. The summed E-state index contributed by atoms with van der Waals surface area (Å²) in [5.41, 5.74) is 4.82. The Bertz CT molecular complexity index is 1200. The number of fused-ring (bicyclic) bond motifs is 1. The van der Waals surface area contributed by atoms with Crippen molar-refractivity contribution in [2.75, 3.05) is 16.8 Å². The number of para-hydroxylation sites is 1. The summed E-state index contributed by atoms with van der Waals surface area (Å²) in [5.74, 6) is -0.762. The number of carbonyl (C=O) groups is 3. The highest BCUT2D eigenvalue weighted by Crippen LogP contribution is 2.29. The summed E-state index contributed by atoms with van der Waals surface area (Å²) in [6.07, 6.45) is 0.848. The summed E-state index contributed by atoms with van der Waals surface area (Å²) >= 11 is 0. The van der Waals surface area contributed by atoms with Crippen LogP contribution in [0, 0.1) is 12.8 Å². The van der Waals surface area contributed by atoms with Crippen LogP contribution in [0.15, 0.2) is 72.8 Å². The molecule has 2 N–H and O–H groups in total. The molecule has 0 radical (unpaired) electrons. The van der Waals surface area contributed by atoms with E-state index in [1.165, 1.54) is 5.56 Å². The van der Waals surface area contributed by atoms with Crippen LogP contribution in [-0.2, 0) is 11.2 Å². The van der Waals surface area contributed by atoms with E-state index in [-0.39, 0.29) is 23.6 Å². The quantitative estimate of drug-likeness (QED) is 0.571. The summed E-state index contributed by atoms with van der Waals surface area (Å²) < 4.78 is 0. The lowest BCUT2D eigenvalue weighted by atomic mass is 10.0. The minimum atomic E-state index is -0.698. The number of amides is 3. The fraction of sp³-hybridized carbons (Fsp3) is 0.250. The van der Waals surface area contributed by atoms with Gasteiger partial charge >= 0.3 is 0 Å². The number of benzene rings is 3. The van der Waals surface area contributed by atoms with Crippen molar-refractivity contribution in [1.82, 2.24) is 5.32 Å². The third kappa shape index (κ3) is 5.01. The summed E-state index contributed by atoms with van der Waals surface area (Å²) in [6, 6.07) is 21.3. The highest BCUT2D eigenvalue weighted by Gasteiger charge is 2.26.